The molecule has 0 rings (SSSR count). The average molecular weight is 506 g/mol. The Balaban J connectivity index is 4.03. The molecular formula is C27H55NO5S. The number of hydrogen-bond acceptors (Lipinski definition) is 4. The van der Waals surface area contributed by atoms with Gasteiger partial charge in [0.15, 0.2) is 0 Å². The van der Waals surface area contributed by atoms with Crippen LogP contribution in [0.2, 0.25) is 0 Å². The molecule has 0 bridgehead atoms. The highest BCUT2D eigenvalue weighted by Crippen LogP contribution is 2.15. The predicted molar refractivity (Wildman–Crippen MR) is 143 cm³/mol. The molecule has 0 fully saturated rings. The van der Waals surface area contributed by atoms with Crippen molar-refractivity contribution in [2.75, 3.05) is 5.75 Å². The molecule has 0 radical (unpaired) electrons. The Kier molecular flexibility index (Phi) is 22.3. The van der Waals surface area contributed by atoms with Crippen molar-refractivity contribution in [1.82, 2.24) is 5.32 Å². The minimum absolute atomic E-state index is 0.254. The Labute approximate surface area is 210 Å². The van der Waals surface area contributed by atoms with Crippen LogP contribution in [0.1, 0.15) is 149 Å². The molecule has 6 nitrogen and oxygen atoms in total. The van der Waals surface area contributed by atoms with Gasteiger partial charge in [0.05, 0.1) is 17.9 Å². The van der Waals surface area contributed by atoms with E-state index in [1.165, 1.54) is 83.5 Å². The van der Waals surface area contributed by atoms with Crippen LogP contribution in [0, 0.1) is 0 Å². The summed E-state index contributed by atoms with van der Waals surface area (Å²) in [5.74, 6) is -0.897. The van der Waals surface area contributed by atoms with E-state index in [2.05, 4.69) is 19.2 Å². The molecule has 0 aliphatic heterocycles. The maximum absolute atomic E-state index is 12.3. The van der Waals surface area contributed by atoms with Crippen LogP contribution in [0.25, 0.3) is 0 Å². The lowest BCUT2D eigenvalue weighted by atomic mass is 10.0. The lowest BCUT2D eigenvalue weighted by molar-refractivity contribution is -0.122. The predicted octanol–water partition coefficient (Wildman–Crippen LogP) is 6.95. The molecule has 0 aromatic heterocycles. The van der Waals surface area contributed by atoms with Crippen molar-refractivity contribution >= 4 is 16.0 Å². The van der Waals surface area contributed by atoms with E-state index in [-0.39, 0.29) is 5.91 Å². The summed E-state index contributed by atoms with van der Waals surface area (Å²) in [4.78, 5) is 12.3. The quantitative estimate of drug-likeness (QED) is 0.0919. The standard InChI is InChI=1S/C27H55NO5S/c1-3-5-7-9-11-12-13-14-15-17-18-20-22-26(29)25(24-34(31,32)33)28-27(30)23-21-19-16-10-8-6-4-2/h25-26,29H,3-24H2,1-2H3,(H,28,30)(H,31,32,33). The summed E-state index contributed by atoms with van der Waals surface area (Å²) in [7, 11) is -4.28. The maximum Gasteiger partial charge on any atom is 0.266 e. The number of nitrogens with one attached hydrogen (secondary N) is 1. The molecule has 0 aliphatic carbocycles. The monoisotopic (exact) mass is 505 g/mol. The fourth-order valence-corrected chi connectivity index (χ4v) is 5.15. The lowest BCUT2D eigenvalue weighted by Crippen LogP contribution is -2.47. The molecule has 2 unspecified atom stereocenters. The molecule has 2 atom stereocenters. The maximum atomic E-state index is 12.3. The molecular weight excluding hydrogens is 450 g/mol. The highest BCUT2D eigenvalue weighted by Gasteiger charge is 2.25. The summed E-state index contributed by atoms with van der Waals surface area (Å²) in [5, 5.41) is 13.1. The summed E-state index contributed by atoms with van der Waals surface area (Å²) in [6, 6.07) is -0.959. The van der Waals surface area contributed by atoms with E-state index in [1.807, 2.05) is 0 Å². The van der Waals surface area contributed by atoms with Gasteiger partial charge in [0, 0.05) is 6.42 Å². The molecule has 0 aromatic rings. The van der Waals surface area contributed by atoms with Crippen LogP contribution in [0.5, 0.6) is 0 Å². The average Bonchev–Trinajstić information content (AvgIpc) is 2.77. The number of unbranched alkanes of at least 4 members (excludes halogenated alkanes) is 17. The zero-order valence-electron chi connectivity index (χ0n) is 22.2. The molecule has 1 amide bonds. The first-order valence-corrected chi connectivity index (χ1v) is 15.8. The third-order valence-electron chi connectivity index (χ3n) is 6.56. The van der Waals surface area contributed by atoms with Gasteiger partial charge < -0.3 is 10.4 Å². The lowest BCUT2D eigenvalue weighted by Gasteiger charge is -2.23. The molecule has 0 saturated heterocycles. The van der Waals surface area contributed by atoms with Crippen molar-refractivity contribution in [1.29, 1.82) is 0 Å². The third kappa shape index (κ3) is 23.1. The van der Waals surface area contributed by atoms with E-state index in [1.54, 1.807) is 0 Å². The van der Waals surface area contributed by atoms with Gasteiger partial charge in [-0.05, 0) is 12.8 Å². The SMILES string of the molecule is CCCCCCCCCCCCCCC(O)C(CS(=O)(=O)O)NC(=O)CCCCCCCCC. The van der Waals surface area contributed by atoms with E-state index >= 15 is 0 Å². The van der Waals surface area contributed by atoms with Gasteiger partial charge in [0.25, 0.3) is 10.1 Å². The van der Waals surface area contributed by atoms with Crippen LogP contribution in [0.4, 0.5) is 0 Å². The Morgan fingerprint density at radius 2 is 1.06 bits per heavy atom. The summed E-state index contributed by atoms with van der Waals surface area (Å²) < 4.78 is 32.0. The van der Waals surface area contributed by atoms with Gasteiger partial charge in [-0.2, -0.15) is 8.42 Å². The number of amides is 1. The second-order valence-electron chi connectivity index (χ2n) is 10.0. The number of hydrogen-bond donors (Lipinski definition) is 3. The van der Waals surface area contributed by atoms with Gasteiger partial charge in [-0.3, -0.25) is 9.35 Å². The van der Waals surface area contributed by atoms with Crippen LogP contribution in [-0.2, 0) is 14.9 Å². The molecule has 0 spiro atoms. The molecule has 0 saturated carbocycles. The molecule has 0 aromatic carbocycles. The van der Waals surface area contributed by atoms with Crippen LogP contribution < -0.4 is 5.32 Å². The highest BCUT2D eigenvalue weighted by atomic mass is 32.2. The number of aliphatic hydroxyl groups is 1. The van der Waals surface area contributed by atoms with E-state index in [4.69, 9.17) is 0 Å². The minimum Gasteiger partial charge on any atom is -0.391 e. The number of carbonyl (C=O) groups excluding carboxylic acids is 1. The normalized spacial score (nSPS) is 13.6. The summed E-state index contributed by atoms with van der Waals surface area (Å²) >= 11 is 0. The van der Waals surface area contributed by atoms with Gasteiger partial charge in [-0.15, -0.1) is 0 Å². The zero-order valence-corrected chi connectivity index (χ0v) is 23.1. The summed E-state index contributed by atoms with van der Waals surface area (Å²) in [6.45, 7) is 4.42. The van der Waals surface area contributed by atoms with Crippen molar-refractivity contribution in [3.8, 4) is 0 Å². The topological polar surface area (TPSA) is 104 Å². The first kappa shape index (κ1) is 33.3. The molecule has 7 heteroatoms. The first-order valence-electron chi connectivity index (χ1n) is 14.2. The Morgan fingerprint density at radius 1 is 0.676 bits per heavy atom. The minimum atomic E-state index is -4.28. The number of carbonyl (C=O) groups is 1. The van der Waals surface area contributed by atoms with E-state index < -0.39 is 28.0 Å². The molecule has 34 heavy (non-hydrogen) atoms. The Bertz CT molecular complexity index is 567. The van der Waals surface area contributed by atoms with Gasteiger partial charge in [-0.1, -0.05) is 129 Å². The second-order valence-corrected chi connectivity index (χ2v) is 11.5. The fourth-order valence-electron chi connectivity index (χ4n) is 4.39. The van der Waals surface area contributed by atoms with E-state index in [0.717, 1.165) is 38.5 Å². The van der Waals surface area contributed by atoms with Crippen LogP contribution >= 0.6 is 0 Å². The van der Waals surface area contributed by atoms with Crippen molar-refractivity contribution in [3.63, 3.8) is 0 Å². The number of aliphatic hydroxyl groups excluding tert-OH is 1. The number of rotatable bonds is 25. The van der Waals surface area contributed by atoms with Crippen LogP contribution in [0.15, 0.2) is 0 Å². The van der Waals surface area contributed by atoms with Crippen molar-refractivity contribution < 1.29 is 22.9 Å². The van der Waals surface area contributed by atoms with Crippen molar-refractivity contribution in [2.45, 2.75) is 161 Å². The largest absolute Gasteiger partial charge is 0.391 e. The molecule has 3 N–H and O–H groups in total. The summed E-state index contributed by atoms with van der Waals surface area (Å²) in [5.41, 5.74) is 0. The zero-order chi connectivity index (χ0) is 25.5. The van der Waals surface area contributed by atoms with Crippen molar-refractivity contribution in [3.05, 3.63) is 0 Å². The molecule has 204 valence electrons. The van der Waals surface area contributed by atoms with Gasteiger partial charge in [0.2, 0.25) is 5.91 Å². The Hall–Kier alpha value is -0.660. The van der Waals surface area contributed by atoms with Gasteiger partial charge >= 0.3 is 0 Å². The van der Waals surface area contributed by atoms with E-state index in [0.29, 0.717) is 12.8 Å². The van der Waals surface area contributed by atoms with E-state index in [9.17, 15) is 22.9 Å². The fraction of sp³-hybridized carbons (Fsp3) is 0.963. The van der Waals surface area contributed by atoms with Gasteiger partial charge in [0.1, 0.15) is 0 Å². The Morgan fingerprint density at radius 3 is 1.47 bits per heavy atom. The van der Waals surface area contributed by atoms with Crippen LogP contribution in [0.3, 0.4) is 0 Å². The highest BCUT2D eigenvalue weighted by molar-refractivity contribution is 7.85. The van der Waals surface area contributed by atoms with Crippen molar-refractivity contribution in [2.24, 2.45) is 0 Å². The first-order chi connectivity index (χ1) is 16.3. The van der Waals surface area contributed by atoms with Crippen LogP contribution in [-0.4, -0.2) is 41.9 Å². The summed E-state index contributed by atoms with van der Waals surface area (Å²) in [6.07, 6.45) is 22.1. The third-order valence-corrected chi connectivity index (χ3v) is 7.34. The second kappa shape index (κ2) is 22.8. The smallest absolute Gasteiger partial charge is 0.266 e. The molecule has 0 aliphatic rings. The van der Waals surface area contributed by atoms with Gasteiger partial charge in [-0.25, -0.2) is 0 Å². The molecule has 0 heterocycles.